The summed E-state index contributed by atoms with van der Waals surface area (Å²) in [5.74, 6) is -3.44. The summed E-state index contributed by atoms with van der Waals surface area (Å²) in [6.07, 6.45) is 2.33. The normalized spacial score (nSPS) is 21.9. The molecular formula is C22H21ClF2N2O4S. The van der Waals surface area contributed by atoms with Crippen LogP contribution >= 0.6 is 11.6 Å². The lowest BCUT2D eigenvalue weighted by Crippen LogP contribution is -2.71. The summed E-state index contributed by atoms with van der Waals surface area (Å²) in [5.41, 5.74) is -1.39. The van der Waals surface area contributed by atoms with Crippen LogP contribution in [0.1, 0.15) is 38.2 Å². The van der Waals surface area contributed by atoms with Crippen LogP contribution in [-0.2, 0) is 25.0 Å². The highest BCUT2D eigenvalue weighted by Gasteiger charge is 2.57. The second kappa shape index (κ2) is 7.81. The largest absolute Gasteiger partial charge is 0.327 e. The van der Waals surface area contributed by atoms with Crippen molar-refractivity contribution in [2.45, 2.75) is 48.5 Å². The highest BCUT2D eigenvalue weighted by atomic mass is 35.5. The van der Waals surface area contributed by atoms with Crippen molar-refractivity contribution >= 4 is 33.4 Å². The number of nitrogens with zero attached hydrogens (tertiary/aromatic N) is 1. The van der Waals surface area contributed by atoms with E-state index in [1.165, 1.54) is 11.8 Å². The molecule has 10 heteroatoms. The van der Waals surface area contributed by atoms with Crippen molar-refractivity contribution in [1.29, 1.82) is 0 Å². The second-order valence-corrected chi connectivity index (χ2v) is 10.5. The van der Waals surface area contributed by atoms with Gasteiger partial charge in [-0.3, -0.25) is 9.59 Å². The molecule has 0 bridgehead atoms. The predicted octanol–water partition coefficient (Wildman–Crippen LogP) is 3.54. The molecule has 1 aliphatic carbocycles. The molecule has 6 nitrogen and oxygen atoms in total. The molecule has 2 aromatic carbocycles. The van der Waals surface area contributed by atoms with Gasteiger partial charge in [-0.25, -0.2) is 21.9 Å². The minimum Gasteiger partial charge on any atom is -0.327 e. The quantitative estimate of drug-likeness (QED) is 0.706. The first-order valence-corrected chi connectivity index (χ1v) is 12.0. The molecule has 0 spiro atoms. The zero-order valence-corrected chi connectivity index (χ0v) is 18.8. The topological polar surface area (TPSA) is 83.6 Å². The van der Waals surface area contributed by atoms with Crippen molar-refractivity contribution in [3.05, 3.63) is 64.7 Å². The number of hydrogen-bond donors (Lipinski definition) is 1. The Bertz CT molecular complexity index is 1200. The van der Waals surface area contributed by atoms with Gasteiger partial charge in [0.25, 0.3) is 15.9 Å². The number of likely N-dealkylation sites (tertiary alicyclic amines) is 1. The minimum atomic E-state index is -4.59. The number of carbonyl (C=O) groups is 2. The molecule has 4 rings (SSSR count). The van der Waals surface area contributed by atoms with Gasteiger partial charge in [-0.1, -0.05) is 30.2 Å². The maximum atomic E-state index is 14.0. The Morgan fingerprint density at radius 3 is 2.22 bits per heavy atom. The molecule has 1 unspecified atom stereocenters. The molecular weight excluding hydrogens is 462 g/mol. The van der Waals surface area contributed by atoms with Crippen LogP contribution in [0, 0.1) is 11.6 Å². The average molecular weight is 483 g/mol. The van der Waals surface area contributed by atoms with Crippen molar-refractivity contribution < 1.29 is 26.8 Å². The van der Waals surface area contributed by atoms with Gasteiger partial charge in [-0.2, -0.15) is 0 Å². The van der Waals surface area contributed by atoms with E-state index in [1.54, 1.807) is 24.3 Å². The van der Waals surface area contributed by atoms with Crippen LogP contribution in [0.5, 0.6) is 0 Å². The van der Waals surface area contributed by atoms with Crippen LogP contribution < -0.4 is 4.72 Å². The van der Waals surface area contributed by atoms with Gasteiger partial charge in [-0.05, 0) is 56.0 Å². The number of amides is 2. The lowest BCUT2D eigenvalue weighted by atomic mass is 9.62. The van der Waals surface area contributed by atoms with E-state index in [9.17, 15) is 26.8 Å². The molecule has 170 valence electrons. The van der Waals surface area contributed by atoms with E-state index in [4.69, 9.17) is 11.6 Å². The second-order valence-electron chi connectivity index (χ2n) is 8.43. The molecule has 1 N–H and O–H groups in total. The summed E-state index contributed by atoms with van der Waals surface area (Å²) in [6, 6.07) is 8.95. The standard InChI is InChI=1S/C22H21ClF2N2O4S/c1-21(19(28)26-32(30,31)18-8-7-16(24)13-17(18)25)11-12-27(21)20(29)22(9-2-10-22)14-3-5-15(23)6-4-14/h3-8,13H,2,9-12H2,1H3,(H,26,28). The number of hydrogen-bond acceptors (Lipinski definition) is 4. The van der Waals surface area contributed by atoms with E-state index in [2.05, 4.69) is 0 Å². The fraction of sp³-hybridized carbons (Fsp3) is 0.364. The van der Waals surface area contributed by atoms with Crippen molar-refractivity contribution in [3.63, 3.8) is 0 Å². The summed E-state index contributed by atoms with van der Waals surface area (Å²) in [7, 11) is -4.59. The van der Waals surface area contributed by atoms with Crippen LogP contribution in [0.15, 0.2) is 47.4 Å². The zero-order valence-electron chi connectivity index (χ0n) is 17.2. The van der Waals surface area contributed by atoms with Crippen molar-refractivity contribution in [3.8, 4) is 0 Å². The maximum Gasteiger partial charge on any atom is 0.267 e. The molecule has 1 saturated heterocycles. The average Bonchev–Trinajstić information content (AvgIpc) is 2.66. The first-order chi connectivity index (χ1) is 15.0. The first-order valence-electron chi connectivity index (χ1n) is 10.1. The SMILES string of the molecule is CC1(C(=O)NS(=O)(=O)c2ccc(F)cc2F)CCN1C(=O)C1(c2ccc(Cl)cc2)CCC1. The smallest absolute Gasteiger partial charge is 0.267 e. The molecule has 1 aliphatic heterocycles. The lowest BCUT2D eigenvalue weighted by molar-refractivity contribution is -0.163. The zero-order chi connectivity index (χ0) is 23.3. The number of carbonyl (C=O) groups excluding carboxylic acids is 2. The molecule has 1 heterocycles. The Kier molecular flexibility index (Phi) is 5.53. The summed E-state index contributed by atoms with van der Waals surface area (Å²) in [5, 5.41) is 0.544. The van der Waals surface area contributed by atoms with E-state index in [0.29, 0.717) is 30.5 Å². The molecule has 2 amide bonds. The number of nitrogens with one attached hydrogen (secondary N) is 1. The van der Waals surface area contributed by atoms with Crippen LogP contribution in [0.25, 0.3) is 0 Å². The Balaban J connectivity index is 1.57. The fourth-order valence-corrected chi connectivity index (χ4v) is 5.55. The highest BCUT2D eigenvalue weighted by Crippen LogP contribution is 2.48. The fourth-order valence-electron chi connectivity index (χ4n) is 4.28. The molecule has 2 fully saturated rings. The number of sulfonamides is 1. The van der Waals surface area contributed by atoms with Crippen molar-refractivity contribution in [2.75, 3.05) is 6.54 Å². The lowest BCUT2D eigenvalue weighted by Gasteiger charge is -2.54. The predicted molar refractivity (Wildman–Crippen MR) is 113 cm³/mol. The number of halogens is 3. The van der Waals surface area contributed by atoms with Crippen LogP contribution in [0.3, 0.4) is 0 Å². The van der Waals surface area contributed by atoms with Gasteiger partial charge >= 0.3 is 0 Å². The molecule has 2 aromatic rings. The summed E-state index contributed by atoms with van der Waals surface area (Å²) in [4.78, 5) is 27.0. The molecule has 32 heavy (non-hydrogen) atoms. The Labute approximate surface area is 189 Å². The summed E-state index contributed by atoms with van der Waals surface area (Å²) in [6.45, 7) is 1.78. The van der Waals surface area contributed by atoms with Gasteiger partial charge in [0, 0.05) is 17.6 Å². The summed E-state index contributed by atoms with van der Waals surface area (Å²) >= 11 is 5.97. The third kappa shape index (κ3) is 3.57. The monoisotopic (exact) mass is 482 g/mol. The number of rotatable bonds is 5. The molecule has 1 atom stereocenters. The molecule has 1 saturated carbocycles. The van der Waals surface area contributed by atoms with E-state index >= 15 is 0 Å². The van der Waals surface area contributed by atoms with Gasteiger partial charge in [0.1, 0.15) is 22.1 Å². The first kappa shape index (κ1) is 22.7. The summed E-state index contributed by atoms with van der Waals surface area (Å²) < 4.78 is 54.1. The maximum absolute atomic E-state index is 14.0. The Hall–Kier alpha value is -2.52. The van der Waals surface area contributed by atoms with Crippen LogP contribution in [0.4, 0.5) is 8.78 Å². The van der Waals surface area contributed by atoms with Gasteiger partial charge in [-0.15, -0.1) is 0 Å². The van der Waals surface area contributed by atoms with Gasteiger partial charge in [0.05, 0.1) is 5.41 Å². The van der Waals surface area contributed by atoms with E-state index in [1.807, 2.05) is 4.72 Å². The van der Waals surface area contributed by atoms with Crippen LogP contribution in [0.2, 0.25) is 5.02 Å². The third-order valence-electron chi connectivity index (χ3n) is 6.58. The van der Waals surface area contributed by atoms with Gasteiger partial charge in [0.15, 0.2) is 0 Å². The molecule has 0 radical (unpaired) electrons. The minimum absolute atomic E-state index is 0.250. The third-order valence-corrected chi connectivity index (χ3v) is 8.19. The Morgan fingerprint density at radius 1 is 1.06 bits per heavy atom. The van der Waals surface area contributed by atoms with E-state index in [-0.39, 0.29) is 12.3 Å². The van der Waals surface area contributed by atoms with Gasteiger partial charge < -0.3 is 4.90 Å². The van der Waals surface area contributed by atoms with Crippen LogP contribution in [-0.4, -0.2) is 37.2 Å². The van der Waals surface area contributed by atoms with E-state index < -0.39 is 43.4 Å². The molecule has 2 aliphatic rings. The van der Waals surface area contributed by atoms with E-state index in [0.717, 1.165) is 24.1 Å². The highest BCUT2D eigenvalue weighted by molar-refractivity contribution is 7.90. The Morgan fingerprint density at radius 2 is 1.72 bits per heavy atom. The number of benzene rings is 2. The van der Waals surface area contributed by atoms with Crippen molar-refractivity contribution in [2.24, 2.45) is 0 Å². The van der Waals surface area contributed by atoms with Gasteiger partial charge in [0.2, 0.25) is 5.91 Å². The molecule has 0 aromatic heterocycles. The van der Waals surface area contributed by atoms with Crippen molar-refractivity contribution in [1.82, 2.24) is 9.62 Å².